The summed E-state index contributed by atoms with van der Waals surface area (Å²) in [5.74, 6) is -0.571. The smallest absolute Gasteiger partial charge is 0.311 e. The maximum absolute atomic E-state index is 13.7. The maximum atomic E-state index is 13.7. The average molecular weight is 588 g/mol. The molecular formula is C29H31Cl2N3O6. The predicted molar refractivity (Wildman–Crippen MR) is 154 cm³/mol. The summed E-state index contributed by atoms with van der Waals surface area (Å²) < 4.78 is 10.8. The second-order valence-electron chi connectivity index (χ2n) is 9.17. The number of nitro groups is 1. The van der Waals surface area contributed by atoms with E-state index in [1.54, 1.807) is 18.2 Å². The molecule has 11 heteroatoms. The first-order valence-corrected chi connectivity index (χ1v) is 13.4. The van der Waals surface area contributed by atoms with Crippen LogP contribution >= 0.6 is 23.2 Å². The predicted octanol–water partition coefficient (Wildman–Crippen LogP) is 5.84. The third-order valence-electron chi connectivity index (χ3n) is 6.32. The van der Waals surface area contributed by atoms with Crippen LogP contribution in [-0.4, -0.2) is 47.4 Å². The molecule has 0 aromatic heterocycles. The molecule has 0 radical (unpaired) electrons. The van der Waals surface area contributed by atoms with Gasteiger partial charge in [0.15, 0.2) is 6.61 Å². The third kappa shape index (κ3) is 8.34. The van der Waals surface area contributed by atoms with E-state index in [4.69, 9.17) is 32.7 Å². The van der Waals surface area contributed by atoms with Gasteiger partial charge >= 0.3 is 5.69 Å². The molecule has 0 spiro atoms. The molecule has 0 saturated heterocycles. The Hall–Kier alpha value is -3.82. The minimum Gasteiger partial charge on any atom is -0.490 e. The summed E-state index contributed by atoms with van der Waals surface area (Å²) in [4.78, 5) is 39.4. The monoisotopic (exact) mass is 587 g/mol. The molecule has 0 aliphatic heterocycles. The second kappa shape index (κ2) is 14.5. The van der Waals surface area contributed by atoms with Crippen LogP contribution in [0.2, 0.25) is 10.0 Å². The normalized spacial score (nSPS) is 12.2. The standard InChI is InChI=1S/C29H31Cl2N3O6/c1-4-19(2)32-29(36)26(15-20-8-6-5-7-9-20)33(17-21-10-12-23(30)24(31)14-21)28(35)18-40-22-11-13-25(34(37)38)27(16-22)39-3/h5-14,16,19,26H,4,15,17-18H2,1-3H3,(H,32,36)/t19-,26-/m0/s1. The maximum Gasteiger partial charge on any atom is 0.311 e. The molecule has 212 valence electrons. The molecule has 3 rings (SSSR count). The minimum absolute atomic E-state index is 0.00232. The van der Waals surface area contributed by atoms with Crippen LogP contribution in [0.4, 0.5) is 5.69 Å². The van der Waals surface area contributed by atoms with E-state index < -0.39 is 23.5 Å². The highest BCUT2D eigenvalue weighted by Gasteiger charge is 2.31. The Morgan fingerprint density at radius 1 is 1.02 bits per heavy atom. The Morgan fingerprint density at radius 3 is 2.38 bits per heavy atom. The highest BCUT2D eigenvalue weighted by atomic mass is 35.5. The molecule has 2 atom stereocenters. The zero-order valence-corrected chi connectivity index (χ0v) is 23.9. The lowest BCUT2D eigenvalue weighted by atomic mass is 10.0. The zero-order valence-electron chi connectivity index (χ0n) is 22.4. The van der Waals surface area contributed by atoms with E-state index in [0.29, 0.717) is 15.6 Å². The summed E-state index contributed by atoms with van der Waals surface area (Å²) in [5, 5.41) is 14.9. The van der Waals surface area contributed by atoms with Crippen LogP contribution in [0.3, 0.4) is 0 Å². The fourth-order valence-corrected chi connectivity index (χ4v) is 4.28. The van der Waals surface area contributed by atoms with Gasteiger partial charge in [0.1, 0.15) is 11.8 Å². The summed E-state index contributed by atoms with van der Waals surface area (Å²) >= 11 is 12.3. The van der Waals surface area contributed by atoms with Crippen molar-refractivity contribution >= 4 is 40.7 Å². The van der Waals surface area contributed by atoms with Gasteiger partial charge in [0.25, 0.3) is 5.91 Å². The van der Waals surface area contributed by atoms with Crippen molar-refractivity contribution < 1.29 is 24.0 Å². The fourth-order valence-electron chi connectivity index (χ4n) is 3.96. The SMILES string of the molecule is CC[C@H](C)NC(=O)[C@H](Cc1ccccc1)N(Cc1ccc(Cl)c(Cl)c1)C(=O)COc1ccc([N+](=O)[O-])c(OC)c1. The number of nitrogens with one attached hydrogen (secondary N) is 1. The number of carbonyl (C=O) groups excluding carboxylic acids is 2. The molecule has 2 amide bonds. The van der Waals surface area contributed by atoms with Crippen molar-refractivity contribution in [1.29, 1.82) is 0 Å². The van der Waals surface area contributed by atoms with E-state index in [0.717, 1.165) is 12.0 Å². The van der Waals surface area contributed by atoms with E-state index in [1.807, 2.05) is 44.2 Å². The van der Waals surface area contributed by atoms with Crippen LogP contribution < -0.4 is 14.8 Å². The molecule has 0 bridgehead atoms. The number of rotatable bonds is 13. The van der Waals surface area contributed by atoms with Gasteiger partial charge < -0.3 is 19.7 Å². The molecule has 0 saturated carbocycles. The van der Waals surface area contributed by atoms with E-state index >= 15 is 0 Å². The Labute approximate surface area is 243 Å². The van der Waals surface area contributed by atoms with Crippen molar-refractivity contribution in [3.05, 3.63) is 98.0 Å². The van der Waals surface area contributed by atoms with Crippen molar-refractivity contribution in [3.8, 4) is 11.5 Å². The summed E-state index contributed by atoms with van der Waals surface area (Å²) in [6, 6.07) is 17.4. The van der Waals surface area contributed by atoms with Crippen LogP contribution in [0.1, 0.15) is 31.4 Å². The summed E-state index contributed by atoms with van der Waals surface area (Å²) in [7, 11) is 1.31. The van der Waals surface area contributed by atoms with Gasteiger partial charge in [0.2, 0.25) is 11.7 Å². The number of ether oxygens (including phenoxy) is 2. The third-order valence-corrected chi connectivity index (χ3v) is 7.06. The lowest BCUT2D eigenvalue weighted by Gasteiger charge is -2.32. The Bertz CT molecular complexity index is 1340. The highest BCUT2D eigenvalue weighted by molar-refractivity contribution is 6.42. The van der Waals surface area contributed by atoms with Gasteiger partial charge in [0.05, 0.1) is 22.1 Å². The molecule has 0 heterocycles. The van der Waals surface area contributed by atoms with E-state index in [2.05, 4.69) is 5.32 Å². The lowest BCUT2D eigenvalue weighted by Crippen LogP contribution is -2.53. The zero-order chi connectivity index (χ0) is 29.2. The first kappa shape index (κ1) is 30.7. The van der Waals surface area contributed by atoms with E-state index in [1.165, 1.54) is 30.2 Å². The Balaban J connectivity index is 1.94. The van der Waals surface area contributed by atoms with Gasteiger partial charge in [-0.2, -0.15) is 0 Å². The molecule has 3 aromatic rings. The van der Waals surface area contributed by atoms with Crippen molar-refractivity contribution in [2.75, 3.05) is 13.7 Å². The topological polar surface area (TPSA) is 111 Å². The number of hydrogen-bond acceptors (Lipinski definition) is 6. The van der Waals surface area contributed by atoms with Gasteiger partial charge in [-0.1, -0.05) is 66.5 Å². The summed E-state index contributed by atoms with van der Waals surface area (Å²) in [6.45, 7) is 3.49. The first-order valence-electron chi connectivity index (χ1n) is 12.7. The van der Waals surface area contributed by atoms with Crippen LogP contribution in [0.25, 0.3) is 0 Å². The highest BCUT2D eigenvalue weighted by Crippen LogP contribution is 2.31. The second-order valence-corrected chi connectivity index (χ2v) is 9.99. The molecule has 9 nitrogen and oxygen atoms in total. The van der Waals surface area contributed by atoms with Crippen LogP contribution in [0, 0.1) is 10.1 Å². The van der Waals surface area contributed by atoms with Crippen LogP contribution in [0.5, 0.6) is 11.5 Å². The van der Waals surface area contributed by atoms with Crippen LogP contribution in [0.15, 0.2) is 66.7 Å². The van der Waals surface area contributed by atoms with Gasteiger partial charge in [-0.15, -0.1) is 0 Å². The van der Waals surface area contributed by atoms with Gasteiger partial charge in [0, 0.05) is 31.1 Å². The number of amides is 2. The van der Waals surface area contributed by atoms with Crippen LogP contribution in [-0.2, 0) is 22.6 Å². The summed E-state index contributed by atoms with van der Waals surface area (Å²) in [5.41, 5.74) is 1.32. The first-order chi connectivity index (χ1) is 19.1. The molecular weight excluding hydrogens is 557 g/mol. The molecule has 0 unspecified atom stereocenters. The number of hydrogen-bond donors (Lipinski definition) is 1. The molecule has 3 aromatic carbocycles. The quantitative estimate of drug-likeness (QED) is 0.198. The molecule has 1 N–H and O–H groups in total. The summed E-state index contributed by atoms with van der Waals surface area (Å²) in [6.07, 6.45) is 0.983. The van der Waals surface area contributed by atoms with Crippen molar-refractivity contribution in [2.45, 2.75) is 45.3 Å². The minimum atomic E-state index is -0.867. The Morgan fingerprint density at radius 2 is 1.75 bits per heavy atom. The molecule has 0 aliphatic carbocycles. The molecule has 0 aliphatic rings. The Kier molecular flexibility index (Phi) is 11.2. The van der Waals surface area contributed by atoms with Crippen molar-refractivity contribution in [1.82, 2.24) is 10.2 Å². The number of benzene rings is 3. The number of carbonyl (C=O) groups is 2. The molecule has 0 fully saturated rings. The molecule has 40 heavy (non-hydrogen) atoms. The number of nitro benzene ring substituents is 1. The van der Waals surface area contributed by atoms with Crippen molar-refractivity contribution in [3.63, 3.8) is 0 Å². The van der Waals surface area contributed by atoms with E-state index in [-0.39, 0.29) is 42.1 Å². The average Bonchev–Trinajstić information content (AvgIpc) is 2.95. The van der Waals surface area contributed by atoms with Gasteiger partial charge in [-0.05, 0) is 42.7 Å². The fraction of sp³-hybridized carbons (Fsp3) is 0.310. The van der Waals surface area contributed by atoms with Crippen molar-refractivity contribution in [2.24, 2.45) is 0 Å². The number of nitrogens with zero attached hydrogens (tertiary/aromatic N) is 2. The van der Waals surface area contributed by atoms with Gasteiger partial charge in [-0.25, -0.2) is 0 Å². The largest absolute Gasteiger partial charge is 0.490 e. The lowest BCUT2D eigenvalue weighted by molar-refractivity contribution is -0.385. The number of methoxy groups -OCH3 is 1. The van der Waals surface area contributed by atoms with E-state index in [9.17, 15) is 19.7 Å². The van der Waals surface area contributed by atoms with Gasteiger partial charge in [-0.3, -0.25) is 19.7 Å². The number of halogens is 2.